The SMILES string of the molecule is O=CC(Cl)C1(C2CCCCCCCC2)CC1. The maximum absolute atomic E-state index is 10.9. The molecule has 0 spiro atoms. The largest absolute Gasteiger partial charge is 0.302 e. The second-order valence-corrected chi connectivity index (χ2v) is 6.14. The van der Waals surface area contributed by atoms with Crippen LogP contribution in [0.2, 0.25) is 0 Å². The fourth-order valence-electron chi connectivity index (χ4n) is 3.40. The van der Waals surface area contributed by atoms with E-state index >= 15 is 0 Å². The van der Waals surface area contributed by atoms with Gasteiger partial charge in [-0.1, -0.05) is 38.5 Å². The number of rotatable bonds is 3. The van der Waals surface area contributed by atoms with E-state index in [-0.39, 0.29) is 10.8 Å². The lowest BCUT2D eigenvalue weighted by molar-refractivity contribution is -0.109. The molecule has 1 atom stereocenters. The molecule has 2 aliphatic carbocycles. The van der Waals surface area contributed by atoms with Crippen LogP contribution in [0.15, 0.2) is 0 Å². The maximum atomic E-state index is 10.9. The molecule has 2 fully saturated rings. The van der Waals surface area contributed by atoms with E-state index in [4.69, 9.17) is 11.6 Å². The number of carbonyl (C=O) groups is 1. The molecule has 0 aromatic heterocycles. The van der Waals surface area contributed by atoms with E-state index in [1.54, 1.807) is 0 Å². The molecule has 16 heavy (non-hydrogen) atoms. The summed E-state index contributed by atoms with van der Waals surface area (Å²) in [6.07, 6.45) is 14.2. The van der Waals surface area contributed by atoms with Crippen LogP contribution in [0.4, 0.5) is 0 Å². The first kappa shape index (κ1) is 12.4. The molecule has 0 amide bonds. The van der Waals surface area contributed by atoms with Crippen molar-refractivity contribution in [1.82, 2.24) is 0 Å². The molecular formula is C14H23ClO. The van der Waals surface area contributed by atoms with Crippen LogP contribution in [0.5, 0.6) is 0 Å². The van der Waals surface area contributed by atoms with Gasteiger partial charge in [0.2, 0.25) is 0 Å². The van der Waals surface area contributed by atoms with E-state index < -0.39 is 0 Å². The Morgan fingerprint density at radius 3 is 1.94 bits per heavy atom. The highest BCUT2D eigenvalue weighted by atomic mass is 35.5. The molecule has 0 aromatic rings. The van der Waals surface area contributed by atoms with E-state index in [9.17, 15) is 4.79 Å². The van der Waals surface area contributed by atoms with Crippen molar-refractivity contribution in [1.29, 1.82) is 0 Å². The smallest absolute Gasteiger partial charge is 0.138 e. The fourth-order valence-corrected chi connectivity index (χ4v) is 3.79. The van der Waals surface area contributed by atoms with Crippen molar-refractivity contribution in [3.63, 3.8) is 0 Å². The number of alkyl halides is 1. The second kappa shape index (κ2) is 5.53. The van der Waals surface area contributed by atoms with E-state index in [1.807, 2.05) is 0 Å². The van der Waals surface area contributed by atoms with Crippen LogP contribution in [0.1, 0.15) is 64.2 Å². The van der Waals surface area contributed by atoms with Crippen LogP contribution < -0.4 is 0 Å². The molecule has 2 aliphatic rings. The zero-order valence-corrected chi connectivity index (χ0v) is 10.8. The van der Waals surface area contributed by atoms with Crippen molar-refractivity contribution in [2.45, 2.75) is 69.6 Å². The summed E-state index contributed by atoms with van der Waals surface area (Å²) in [6.45, 7) is 0. The Balaban J connectivity index is 1.97. The highest BCUT2D eigenvalue weighted by Crippen LogP contribution is 2.59. The van der Waals surface area contributed by atoms with E-state index in [0.717, 1.165) is 12.2 Å². The average molecular weight is 243 g/mol. The average Bonchev–Trinajstić information content (AvgIpc) is 3.07. The normalized spacial score (nSPS) is 28.6. The van der Waals surface area contributed by atoms with Gasteiger partial charge in [-0.3, -0.25) is 0 Å². The van der Waals surface area contributed by atoms with Crippen molar-refractivity contribution in [3.8, 4) is 0 Å². The molecule has 0 heterocycles. The summed E-state index contributed by atoms with van der Waals surface area (Å²) in [6, 6.07) is 0. The van der Waals surface area contributed by atoms with Gasteiger partial charge in [-0.25, -0.2) is 0 Å². The lowest BCUT2D eigenvalue weighted by Gasteiger charge is -2.28. The molecule has 0 N–H and O–H groups in total. The minimum absolute atomic E-state index is 0.202. The highest BCUT2D eigenvalue weighted by molar-refractivity contribution is 6.28. The minimum Gasteiger partial charge on any atom is -0.302 e. The molecule has 0 bridgehead atoms. The monoisotopic (exact) mass is 242 g/mol. The van der Waals surface area contributed by atoms with Crippen LogP contribution in [-0.2, 0) is 4.79 Å². The van der Waals surface area contributed by atoms with Crippen molar-refractivity contribution in [2.24, 2.45) is 11.3 Å². The van der Waals surface area contributed by atoms with Gasteiger partial charge >= 0.3 is 0 Å². The quantitative estimate of drug-likeness (QED) is 0.532. The summed E-state index contributed by atoms with van der Waals surface area (Å²) in [5, 5.41) is -0.224. The Morgan fingerprint density at radius 2 is 1.50 bits per heavy atom. The Morgan fingerprint density at radius 1 is 1.00 bits per heavy atom. The molecule has 0 radical (unpaired) electrons. The lowest BCUT2D eigenvalue weighted by atomic mass is 9.79. The molecule has 0 aromatic carbocycles. The molecule has 2 rings (SSSR count). The Kier molecular flexibility index (Phi) is 4.29. The third-order valence-corrected chi connectivity index (χ3v) is 5.20. The van der Waals surface area contributed by atoms with Crippen LogP contribution in [0, 0.1) is 11.3 Å². The Hall–Kier alpha value is -0.0400. The van der Waals surface area contributed by atoms with Crippen LogP contribution in [0.3, 0.4) is 0 Å². The number of hydrogen-bond acceptors (Lipinski definition) is 1. The van der Waals surface area contributed by atoms with Crippen LogP contribution in [-0.4, -0.2) is 11.7 Å². The predicted octanol–water partition coefficient (Wildman–Crippen LogP) is 4.32. The summed E-state index contributed by atoms with van der Waals surface area (Å²) in [4.78, 5) is 10.9. The van der Waals surface area contributed by atoms with Gasteiger partial charge in [0.15, 0.2) is 0 Å². The number of carbonyl (C=O) groups excluding carboxylic acids is 1. The third kappa shape index (κ3) is 2.61. The van der Waals surface area contributed by atoms with Gasteiger partial charge in [0.1, 0.15) is 6.29 Å². The van der Waals surface area contributed by atoms with Crippen molar-refractivity contribution in [3.05, 3.63) is 0 Å². The molecular weight excluding hydrogens is 220 g/mol. The number of hydrogen-bond donors (Lipinski definition) is 0. The zero-order valence-electron chi connectivity index (χ0n) is 10.1. The first-order chi connectivity index (χ1) is 7.79. The first-order valence-corrected chi connectivity index (χ1v) is 7.32. The molecule has 0 aliphatic heterocycles. The van der Waals surface area contributed by atoms with Crippen molar-refractivity contribution >= 4 is 17.9 Å². The van der Waals surface area contributed by atoms with Crippen LogP contribution in [0.25, 0.3) is 0 Å². The maximum Gasteiger partial charge on any atom is 0.138 e. The highest BCUT2D eigenvalue weighted by Gasteiger charge is 2.53. The van der Waals surface area contributed by atoms with Crippen molar-refractivity contribution in [2.75, 3.05) is 0 Å². The Labute approximate surface area is 104 Å². The summed E-state index contributed by atoms with van der Waals surface area (Å²) < 4.78 is 0. The number of halogens is 1. The van der Waals surface area contributed by atoms with Gasteiger partial charge in [0.05, 0.1) is 5.38 Å². The van der Waals surface area contributed by atoms with Crippen molar-refractivity contribution < 1.29 is 4.79 Å². The summed E-state index contributed by atoms with van der Waals surface area (Å²) in [5.41, 5.74) is 0.202. The predicted molar refractivity (Wildman–Crippen MR) is 67.8 cm³/mol. The molecule has 2 heteroatoms. The molecule has 2 saturated carbocycles. The summed E-state index contributed by atoms with van der Waals surface area (Å²) in [5.74, 6) is 0.721. The third-order valence-electron chi connectivity index (χ3n) is 4.66. The molecule has 92 valence electrons. The summed E-state index contributed by atoms with van der Waals surface area (Å²) >= 11 is 6.22. The van der Waals surface area contributed by atoms with Gasteiger partial charge in [-0.05, 0) is 37.0 Å². The van der Waals surface area contributed by atoms with Gasteiger partial charge in [-0.15, -0.1) is 11.6 Å². The molecule has 0 saturated heterocycles. The van der Waals surface area contributed by atoms with Gasteiger partial charge in [-0.2, -0.15) is 0 Å². The van der Waals surface area contributed by atoms with E-state index in [0.29, 0.717) is 0 Å². The second-order valence-electron chi connectivity index (χ2n) is 5.67. The lowest BCUT2D eigenvalue weighted by Crippen LogP contribution is -2.27. The van der Waals surface area contributed by atoms with Gasteiger partial charge < -0.3 is 4.79 Å². The first-order valence-electron chi connectivity index (χ1n) is 6.89. The number of aldehydes is 1. The topological polar surface area (TPSA) is 17.1 Å². The summed E-state index contributed by atoms with van der Waals surface area (Å²) in [7, 11) is 0. The fraction of sp³-hybridized carbons (Fsp3) is 0.929. The van der Waals surface area contributed by atoms with Gasteiger partial charge in [0.25, 0.3) is 0 Å². The van der Waals surface area contributed by atoms with E-state index in [1.165, 1.54) is 64.2 Å². The zero-order chi connectivity index (χ0) is 11.4. The van der Waals surface area contributed by atoms with Gasteiger partial charge in [0, 0.05) is 0 Å². The standard InChI is InChI=1S/C14H23ClO/c15-13(11-16)14(9-10-14)12-7-5-3-1-2-4-6-8-12/h11-13H,1-10H2. The van der Waals surface area contributed by atoms with Crippen LogP contribution >= 0.6 is 11.6 Å². The van der Waals surface area contributed by atoms with E-state index in [2.05, 4.69) is 0 Å². The Bertz CT molecular complexity index is 225. The minimum atomic E-state index is -0.224. The molecule has 1 nitrogen and oxygen atoms in total. The molecule has 1 unspecified atom stereocenters.